The Bertz CT molecular complexity index is 353. The van der Waals surface area contributed by atoms with Crippen molar-refractivity contribution < 1.29 is 4.42 Å². The molecule has 3 nitrogen and oxygen atoms in total. The first-order chi connectivity index (χ1) is 8.26. The minimum absolute atomic E-state index is 0.145. The quantitative estimate of drug-likeness (QED) is 0.657. The third kappa shape index (κ3) is 2.92. The van der Waals surface area contributed by atoms with E-state index in [1.165, 1.54) is 32.1 Å². The van der Waals surface area contributed by atoms with Gasteiger partial charge in [0.15, 0.2) is 4.67 Å². The molecular weight excluding hydrogens is 280 g/mol. The van der Waals surface area contributed by atoms with E-state index < -0.39 is 0 Å². The maximum absolute atomic E-state index is 5.74. The summed E-state index contributed by atoms with van der Waals surface area (Å²) in [5, 5.41) is 0. The maximum atomic E-state index is 5.74. The molecule has 4 heteroatoms. The molecule has 1 aromatic rings. The number of hydrazine groups is 1. The van der Waals surface area contributed by atoms with Gasteiger partial charge in [0.05, 0.1) is 6.04 Å². The number of nitrogens with two attached hydrogens (primary N) is 1. The number of rotatable bonds is 4. The highest BCUT2D eigenvalue weighted by atomic mass is 79.9. The number of halogens is 1. The molecule has 0 amide bonds. The van der Waals surface area contributed by atoms with Crippen LogP contribution in [-0.2, 0) is 0 Å². The molecule has 0 radical (unpaired) electrons. The van der Waals surface area contributed by atoms with Crippen molar-refractivity contribution in [1.29, 1.82) is 0 Å². The van der Waals surface area contributed by atoms with E-state index in [1.54, 1.807) is 0 Å². The van der Waals surface area contributed by atoms with Gasteiger partial charge in [-0.1, -0.05) is 32.6 Å². The second kappa shape index (κ2) is 6.03. The van der Waals surface area contributed by atoms with Gasteiger partial charge in [0, 0.05) is 0 Å². The Labute approximate surface area is 111 Å². The fraction of sp³-hybridized carbons (Fsp3) is 0.692. The Balaban J connectivity index is 2.16. The standard InChI is InChI=1S/C13H21BrN2O/c1-2-9-5-3-4-6-10(9)13(16-15)11-7-8-12(14)17-11/h7-10,13,16H,2-6,15H2,1H3. The van der Waals surface area contributed by atoms with Crippen molar-refractivity contribution in [3.8, 4) is 0 Å². The number of furan rings is 1. The zero-order valence-electron chi connectivity index (χ0n) is 10.3. The molecule has 2 rings (SSSR count). The number of hydrogen-bond acceptors (Lipinski definition) is 3. The highest BCUT2D eigenvalue weighted by Gasteiger charge is 2.32. The zero-order chi connectivity index (χ0) is 12.3. The van der Waals surface area contributed by atoms with Crippen LogP contribution in [0, 0.1) is 11.8 Å². The Hall–Kier alpha value is -0.320. The Morgan fingerprint density at radius 3 is 2.82 bits per heavy atom. The van der Waals surface area contributed by atoms with Crippen LogP contribution in [0.25, 0.3) is 0 Å². The molecule has 1 saturated carbocycles. The van der Waals surface area contributed by atoms with Crippen molar-refractivity contribution in [2.24, 2.45) is 17.7 Å². The fourth-order valence-electron chi connectivity index (χ4n) is 3.09. The summed E-state index contributed by atoms with van der Waals surface area (Å²) in [5.41, 5.74) is 2.95. The van der Waals surface area contributed by atoms with Gasteiger partial charge < -0.3 is 4.42 Å². The monoisotopic (exact) mass is 300 g/mol. The third-order valence-electron chi connectivity index (χ3n) is 4.00. The average Bonchev–Trinajstić information content (AvgIpc) is 2.77. The predicted molar refractivity (Wildman–Crippen MR) is 72.2 cm³/mol. The van der Waals surface area contributed by atoms with E-state index in [2.05, 4.69) is 28.3 Å². The molecule has 3 unspecified atom stereocenters. The van der Waals surface area contributed by atoms with Crippen molar-refractivity contribution >= 4 is 15.9 Å². The van der Waals surface area contributed by atoms with E-state index in [1.807, 2.05) is 12.1 Å². The van der Waals surface area contributed by atoms with Crippen LogP contribution in [0.3, 0.4) is 0 Å². The Morgan fingerprint density at radius 2 is 2.24 bits per heavy atom. The largest absolute Gasteiger partial charge is 0.453 e. The third-order valence-corrected chi connectivity index (χ3v) is 4.43. The van der Waals surface area contributed by atoms with Gasteiger partial charge in [0.2, 0.25) is 0 Å². The molecule has 1 aliphatic carbocycles. The van der Waals surface area contributed by atoms with Gasteiger partial charge in [-0.2, -0.15) is 0 Å². The summed E-state index contributed by atoms with van der Waals surface area (Å²) in [7, 11) is 0. The van der Waals surface area contributed by atoms with E-state index in [0.717, 1.165) is 16.3 Å². The van der Waals surface area contributed by atoms with Crippen LogP contribution in [0.15, 0.2) is 21.2 Å². The van der Waals surface area contributed by atoms with Gasteiger partial charge in [-0.25, -0.2) is 5.43 Å². The molecule has 0 aliphatic heterocycles. The minimum atomic E-state index is 0.145. The second-order valence-corrected chi connectivity index (χ2v) is 5.68. The molecular formula is C13H21BrN2O. The average molecular weight is 301 g/mol. The molecule has 0 spiro atoms. The van der Waals surface area contributed by atoms with Crippen LogP contribution in [0.5, 0.6) is 0 Å². The smallest absolute Gasteiger partial charge is 0.169 e. The maximum Gasteiger partial charge on any atom is 0.169 e. The van der Waals surface area contributed by atoms with Crippen LogP contribution in [0.2, 0.25) is 0 Å². The summed E-state index contributed by atoms with van der Waals surface area (Å²) in [5.74, 6) is 8.04. The van der Waals surface area contributed by atoms with Crippen LogP contribution in [-0.4, -0.2) is 0 Å². The van der Waals surface area contributed by atoms with E-state index in [9.17, 15) is 0 Å². The van der Waals surface area contributed by atoms with Crippen LogP contribution >= 0.6 is 15.9 Å². The van der Waals surface area contributed by atoms with E-state index in [0.29, 0.717) is 5.92 Å². The summed E-state index contributed by atoms with van der Waals surface area (Å²) in [6.45, 7) is 2.27. The molecule has 1 fully saturated rings. The van der Waals surface area contributed by atoms with Gasteiger partial charge in [0.1, 0.15) is 5.76 Å². The summed E-state index contributed by atoms with van der Waals surface area (Å²) in [6.07, 6.45) is 6.45. The van der Waals surface area contributed by atoms with E-state index in [4.69, 9.17) is 10.3 Å². The number of nitrogens with one attached hydrogen (secondary N) is 1. The van der Waals surface area contributed by atoms with Gasteiger partial charge >= 0.3 is 0 Å². The molecule has 1 aliphatic rings. The fourth-order valence-corrected chi connectivity index (χ4v) is 3.41. The summed E-state index contributed by atoms with van der Waals surface area (Å²) >= 11 is 3.35. The van der Waals surface area contributed by atoms with Gasteiger partial charge in [-0.3, -0.25) is 5.84 Å². The first-order valence-corrected chi connectivity index (χ1v) is 7.27. The minimum Gasteiger partial charge on any atom is -0.453 e. The van der Waals surface area contributed by atoms with Gasteiger partial charge in [-0.05, 0) is 46.3 Å². The van der Waals surface area contributed by atoms with E-state index in [-0.39, 0.29) is 6.04 Å². The molecule has 3 atom stereocenters. The number of hydrogen-bond donors (Lipinski definition) is 2. The molecule has 0 aromatic carbocycles. The van der Waals surface area contributed by atoms with E-state index >= 15 is 0 Å². The van der Waals surface area contributed by atoms with Crippen LogP contribution < -0.4 is 11.3 Å². The first kappa shape index (κ1) is 13.1. The predicted octanol–water partition coefficient (Wildman–Crippen LogP) is 3.76. The molecule has 1 heterocycles. The van der Waals surface area contributed by atoms with Crippen LogP contribution in [0.4, 0.5) is 0 Å². The van der Waals surface area contributed by atoms with Crippen molar-refractivity contribution in [3.63, 3.8) is 0 Å². The summed E-state index contributed by atoms with van der Waals surface area (Å²) < 4.78 is 6.43. The van der Waals surface area contributed by atoms with Gasteiger partial charge in [0.25, 0.3) is 0 Å². The van der Waals surface area contributed by atoms with Crippen LogP contribution in [0.1, 0.15) is 50.8 Å². The van der Waals surface area contributed by atoms with Crippen molar-refractivity contribution in [1.82, 2.24) is 5.43 Å². The molecule has 0 saturated heterocycles. The van der Waals surface area contributed by atoms with Crippen molar-refractivity contribution in [2.45, 2.75) is 45.1 Å². The molecule has 1 aromatic heterocycles. The lowest BCUT2D eigenvalue weighted by Gasteiger charge is -2.35. The molecule has 96 valence electrons. The SMILES string of the molecule is CCC1CCCCC1C(NN)c1ccc(Br)o1. The lowest BCUT2D eigenvalue weighted by atomic mass is 9.73. The highest BCUT2D eigenvalue weighted by molar-refractivity contribution is 9.10. The summed E-state index contributed by atoms with van der Waals surface area (Å²) in [6, 6.07) is 4.09. The molecule has 3 N–H and O–H groups in total. The van der Waals surface area contributed by atoms with Crippen molar-refractivity contribution in [2.75, 3.05) is 0 Å². The molecule has 0 bridgehead atoms. The highest BCUT2D eigenvalue weighted by Crippen LogP contribution is 2.40. The Morgan fingerprint density at radius 1 is 1.47 bits per heavy atom. The summed E-state index contributed by atoms with van der Waals surface area (Å²) in [4.78, 5) is 0. The first-order valence-electron chi connectivity index (χ1n) is 6.47. The van der Waals surface area contributed by atoms with Gasteiger partial charge in [-0.15, -0.1) is 0 Å². The zero-order valence-corrected chi connectivity index (χ0v) is 11.9. The Kier molecular flexibility index (Phi) is 4.65. The normalized spacial score (nSPS) is 27.0. The topological polar surface area (TPSA) is 51.2 Å². The lowest BCUT2D eigenvalue weighted by Crippen LogP contribution is -2.37. The second-order valence-electron chi connectivity index (χ2n) is 4.90. The molecule has 17 heavy (non-hydrogen) atoms. The van der Waals surface area contributed by atoms with Crippen molar-refractivity contribution in [3.05, 3.63) is 22.6 Å². The lowest BCUT2D eigenvalue weighted by molar-refractivity contribution is 0.161.